The van der Waals surface area contributed by atoms with E-state index >= 15 is 0 Å². The molecule has 0 bridgehead atoms. The monoisotopic (exact) mass is 431 g/mol. The second kappa shape index (κ2) is 8.22. The lowest BCUT2D eigenvalue weighted by atomic mass is 10.1. The molecule has 0 aliphatic carbocycles. The molecule has 1 aliphatic heterocycles. The molecule has 0 saturated heterocycles. The summed E-state index contributed by atoms with van der Waals surface area (Å²) in [6.07, 6.45) is 0. The first kappa shape index (κ1) is 20.0. The van der Waals surface area contributed by atoms with Crippen LogP contribution in [0.5, 0.6) is 0 Å². The smallest absolute Gasteiger partial charge is 0.338 e. The summed E-state index contributed by atoms with van der Waals surface area (Å²) < 4.78 is 5.03. The van der Waals surface area contributed by atoms with Crippen LogP contribution in [0.4, 0.5) is 10.7 Å². The molecular weight excluding hydrogens is 418 g/mol. The number of carbonyl (C=O) groups excluding carboxylic acids is 4. The average molecular weight is 431 g/mol. The number of thiophene rings is 1. The van der Waals surface area contributed by atoms with Crippen molar-refractivity contribution in [3.63, 3.8) is 0 Å². The third-order valence-electron chi connectivity index (χ3n) is 4.51. The van der Waals surface area contributed by atoms with Gasteiger partial charge in [0.2, 0.25) is 0 Å². The van der Waals surface area contributed by atoms with Gasteiger partial charge in [0.1, 0.15) is 11.1 Å². The lowest BCUT2D eigenvalue weighted by molar-refractivity contribution is -0.119. The zero-order chi connectivity index (χ0) is 22.0. The van der Waals surface area contributed by atoms with E-state index in [4.69, 9.17) is 10.00 Å². The Morgan fingerprint density at radius 2 is 1.74 bits per heavy atom. The van der Waals surface area contributed by atoms with E-state index in [9.17, 15) is 19.2 Å². The topological polar surface area (TPSA) is 117 Å². The number of fused-ring (bicyclic) bond motifs is 1. The summed E-state index contributed by atoms with van der Waals surface area (Å²) in [5.41, 5.74) is 1.21. The molecule has 1 aromatic heterocycles. The van der Waals surface area contributed by atoms with Gasteiger partial charge in [-0.05, 0) is 41.8 Å². The first-order valence-electron chi connectivity index (χ1n) is 9.02. The van der Waals surface area contributed by atoms with Crippen molar-refractivity contribution in [2.24, 2.45) is 0 Å². The lowest BCUT2D eigenvalue weighted by Crippen LogP contribution is -2.29. The van der Waals surface area contributed by atoms with Gasteiger partial charge in [-0.2, -0.15) is 5.26 Å². The fourth-order valence-electron chi connectivity index (χ4n) is 3.07. The standard InChI is InChI=1S/C22H13N3O5S/c23-11-14-8-9-31-19(14)24-18(26)12-30-22(29)13-4-3-5-15(10-13)25-20(27)16-6-1-2-7-17(16)21(25)28/h1-10H,12H2,(H,24,26). The van der Waals surface area contributed by atoms with Gasteiger partial charge in [-0.25, -0.2) is 9.69 Å². The quantitative estimate of drug-likeness (QED) is 0.490. The molecule has 31 heavy (non-hydrogen) atoms. The summed E-state index contributed by atoms with van der Waals surface area (Å²) >= 11 is 1.18. The van der Waals surface area contributed by atoms with Crippen molar-refractivity contribution < 1.29 is 23.9 Å². The number of rotatable bonds is 5. The second-order valence-electron chi connectivity index (χ2n) is 6.44. The number of esters is 1. The van der Waals surface area contributed by atoms with Gasteiger partial charge < -0.3 is 10.1 Å². The highest BCUT2D eigenvalue weighted by molar-refractivity contribution is 7.14. The van der Waals surface area contributed by atoms with Crippen molar-refractivity contribution in [3.8, 4) is 6.07 Å². The van der Waals surface area contributed by atoms with E-state index in [0.29, 0.717) is 21.7 Å². The average Bonchev–Trinajstić information content (AvgIpc) is 3.34. The van der Waals surface area contributed by atoms with Crippen molar-refractivity contribution in [1.82, 2.24) is 0 Å². The minimum absolute atomic E-state index is 0.0793. The molecule has 0 unspecified atom stereocenters. The number of amides is 3. The molecule has 0 fully saturated rings. The Morgan fingerprint density at radius 3 is 2.42 bits per heavy atom. The van der Waals surface area contributed by atoms with E-state index in [1.54, 1.807) is 35.7 Å². The normalized spacial score (nSPS) is 12.3. The minimum atomic E-state index is -0.791. The highest BCUT2D eigenvalue weighted by Gasteiger charge is 2.36. The largest absolute Gasteiger partial charge is 0.452 e. The number of nitrogens with one attached hydrogen (secondary N) is 1. The van der Waals surface area contributed by atoms with E-state index < -0.39 is 30.3 Å². The van der Waals surface area contributed by atoms with Crippen LogP contribution in [0.25, 0.3) is 0 Å². The molecule has 0 spiro atoms. The molecule has 2 aromatic carbocycles. The minimum Gasteiger partial charge on any atom is -0.452 e. The Labute approximate surface area is 180 Å². The van der Waals surface area contributed by atoms with Crippen LogP contribution in [0, 0.1) is 11.3 Å². The van der Waals surface area contributed by atoms with Gasteiger partial charge in [-0.15, -0.1) is 11.3 Å². The molecule has 0 radical (unpaired) electrons. The van der Waals surface area contributed by atoms with E-state index in [0.717, 1.165) is 4.90 Å². The van der Waals surface area contributed by atoms with Crippen molar-refractivity contribution in [1.29, 1.82) is 5.26 Å². The van der Waals surface area contributed by atoms with Crippen LogP contribution in [0.3, 0.4) is 0 Å². The lowest BCUT2D eigenvalue weighted by Gasteiger charge is -2.14. The molecule has 2 heterocycles. The summed E-state index contributed by atoms with van der Waals surface area (Å²) in [6.45, 7) is -0.557. The van der Waals surface area contributed by atoms with Gasteiger partial charge in [0.15, 0.2) is 6.61 Å². The van der Waals surface area contributed by atoms with Crippen molar-refractivity contribution in [2.75, 3.05) is 16.8 Å². The fraction of sp³-hybridized carbons (Fsp3) is 0.0455. The van der Waals surface area contributed by atoms with E-state index in [-0.39, 0.29) is 11.3 Å². The van der Waals surface area contributed by atoms with Crippen LogP contribution in [0.1, 0.15) is 36.6 Å². The number of ether oxygens (including phenoxy) is 1. The molecule has 0 saturated carbocycles. The maximum absolute atomic E-state index is 12.6. The van der Waals surface area contributed by atoms with Crippen LogP contribution in [0.2, 0.25) is 0 Å². The highest BCUT2D eigenvalue weighted by Crippen LogP contribution is 2.29. The van der Waals surface area contributed by atoms with Gasteiger partial charge >= 0.3 is 5.97 Å². The van der Waals surface area contributed by atoms with Crippen LogP contribution in [0.15, 0.2) is 60.0 Å². The summed E-state index contributed by atoms with van der Waals surface area (Å²) in [7, 11) is 0. The Balaban J connectivity index is 1.45. The maximum atomic E-state index is 12.6. The first-order valence-corrected chi connectivity index (χ1v) is 9.90. The SMILES string of the molecule is N#Cc1ccsc1NC(=O)COC(=O)c1cccc(N2C(=O)c3ccccc3C2=O)c1. The maximum Gasteiger partial charge on any atom is 0.338 e. The number of hydrogen-bond donors (Lipinski definition) is 1. The molecule has 1 N–H and O–H groups in total. The number of hydrogen-bond acceptors (Lipinski definition) is 7. The Hall–Kier alpha value is -4.29. The van der Waals surface area contributed by atoms with Crippen LogP contribution < -0.4 is 10.2 Å². The number of imide groups is 1. The van der Waals surface area contributed by atoms with Gasteiger partial charge in [0, 0.05) is 0 Å². The second-order valence-corrected chi connectivity index (χ2v) is 7.36. The molecule has 0 atom stereocenters. The van der Waals surface area contributed by atoms with Gasteiger partial charge in [-0.3, -0.25) is 14.4 Å². The molecule has 8 nitrogen and oxygen atoms in total. The molecule has 9 heteroatoms. The van der Waals surface area contributed by atoms with Gasteiger partial charge in [0.05, 0.1) is 27.9 Å². The van der Waals surface area contributed by atoms with Crippen molar-refractivity contribution in [3.05, 3.63) is 82.2 Å². The Bertz CT molecular complexity index is 1240. The number of benzene rings is 2. The number of anilines is 2. The summed E-state index contributed by atoms with van der Waals surface area (Å²) in [6, 6.07) is 15.8. The number of carbonyl (C=O) groups is 4. The molecule has 152 valence electrons. The Kier molecular flexibility index (Phi) is 5.30. The van der Waals surface area contributed by atoms with Crippen LogP contribution in [-0.4, -0.2) is 30.3 Å². The zero-order valence-electron chi connectivity index (χ0n) is 15.8. The zero-order valence-corrected chi connectivity index (χ0v) is 16.6. The molecule has 3 aromatic rings. The van der Waals surface area contributed by atoms with E-state index in [1.165, 1.54) is 35.6 Å². The van der Waals surface area contributed by atoms with Crippen molar-refractivity contribution in [2.45, 2.75) is 0 Å². The third-order valence-corrected chi connectivity index (χ3v) is 5.34. The Morgan fingerprint density at radius 1 is 1.03 bits per heavy atom. The highest BCUT2D eigenvalue weighted by atomic mass is 32.1. The molecular formula is C22H13N3O5S. The molecule has 4 rings (SSSR count). The van der Waals surface area contributed by atoms with Crippen LogP contribution in [-0.2, 0) is 9.53 Å². The van der Waals surface area contributed by atoms with Gasteiger partial charge in [0.25, 0.3) is 17.7 Å². The molecule has 3 amide bonds. The summed E-state index contributed by atoms with van der Waals surface area (Å²) in [5.74, 6) is -2.34. The first-order chi connectivity index (χ1) is 15.0. The van der Waals surface area contributed by atoms with E-state index in [1.807, 2.05) is 6.07 Å². The van der Waals surface area contributed by atoms with Crippen LogP contribution >= 0.6 is 11.3 Å². The number of nitrogens with zero attached hydrogens (tertiary/aromatic N) is 2. The fourth-order valence-corrected chi connectivity index (χ4v) is 3.82. The van der Waals surface area contributed by atoms with E-state index in [2.05, 4.69) is 5.32 Å². The summed E-state index contributed by atoms with van der Waals surface area (Å²) in [4.78, 5) is 50.6. The third kappa shape index (κ3) is 3.80. The predicted molar refractivity (Wildman–Crippen MR) is 112 cm³/mol. The van der Waals surface area contributed by atoms with Crippen molar-refractivity contribution >= 4 is 45.7 Å². The predicted octanol–water partition coefficient (Wildman–Crippen LogP) is 3.22. The number of nitriles is 1. The summed E-state index contributed by atoms with van der Waals surface area (Å²) in [5, 5.41) is 13.5. The molecule has 1 aliphatic rings. The van der Waals surface area contributed by atoms with Gasteiger partial charge in [-0.1, -0.05) is 18.2 Å².